The number of carboxylic acid groups (broad SMARTS) is 1. The maximum Gasteiger partial charge on any atom is 0.335 e. The molecule has 7 heteroatoms. The molecule has 3 rings (SSSR count). The van der Waals surface area contributed by atoms with Gasteiger partial charge in [-0.1, -0.05) is 29.5 Å². The van der Waals surface area contributed by atoms with Gasteiger partial charge in [0, 0.05) is 12.7 Å². The largest absolute Gasteiger partial charge is 0.483 e. The highest BCUT2D eigenvalue weighted by Gasteiger charge is 2.21. The number of rotatable bonds is 6. The van der Waals surface area contributed by atoms with Crippen molar-refractivity contribution in [2.45, 2.75) is 6.10 Å². The van der Waals surface area contributed by atoms with Crippen molar-refractivity contribution in [3.05, 3.63) is 53.6 Å². The maximum atomic E-state index is 11.4. The summed E-state index contributed by atoms with van der Waals surface area (Å²) in [5.74, 6) is -0.349. The minimum Gasteiger partial charge on any atom is -0.483 e. The number of para-hydroxylation sites is 1. The van der Waals surface area contributed by atoms with Crippen molar-refractivity contribution < 1.29 is 19.4 Å². The van der Waals surface area contributed by atoms with Crippen LogP contribution >= 0.6 is 11.3 Å². The number of aromatic carboxylic acids is 1. The fourth-order valence-electron chi connectivity index (χ4n) is 2.44. The zero-order valence-electron chi connectivity index (χ0n) is 12.9. The van der Waals surface area contributed by atoms with Crippen molar-refractivity contribution in [1.82, 2.24) is 4.98 Å². The molecule has 1 heterocycles. The van der Waals surface area contributed by atoms with Gasteiger partial charge in [0.1, 0.15) is 11.9 Å². The number of carboxylic acids is 1. The lowest BCUT2D eigenvalue weighted by Crippen LogP contribution is -2.15. The van der Waals surface area contributed by atoms with Gasteiger partial charge in [0.05, 0.1) is 22.4 Å². The Bertz CT molecular complexity index is 864. The lowest BCUT2D eigenvalue weighted by molar-refractivity contribution is 0.0694. The highest BCUT2D eigenvalue weighted by atomic mass is 32.1. The van der Waals surface area contributed by atoms with Gasteiger partial charge in [-0.25, -0.2) is 9.78 Å². The van der Waals surface area contributed by atoms with E-state index in [0.29, 0.717) is 26.7 Å². The summed E-state index contributed by atoms with van der Waals surface area (Å²) in [6.07, 6.45) is -0.499. The minimum atomic E-state index is -1.01. The molecule has 2 aromatic carbocycles. The smallest absolute Gasteiger partial charge is 0.335 e. The predicted octanol–water partition coefficient (Wildman–Crippen LogP) is 3.34. The van der Waals surface area contributed by atoms with E-state index in [-0.39, 0.29) is 12.2 Å². The van der Waals surface area contributed by atoms with E-state index in [9.17, 15) is 9.90 Å². The van der Waals surface area contributed by atoms with Crippen LogP contribution in [0.1, 0.15) is 22.0 Å². The van der Waals surface area contributed by atoms with Crippen LogP contribution in [0.5, 0.6) is 5.75 Å². The molecule has 0 spiro atoms. The van der Waals surface area contributed by atoms with Crippen LogP contribution in [0.15, 0.2) is 42.5 Å². The number of ether oxygens (including phenoxy) is 2. The molecule has 0 aliphatic rings. The third-order valence-corrected chi connectivity index (χ3v) is 4.31. The summed E-state index contributed by atoms with van der Waals surface area (Å²) in [7, 11) is 1.56. The quantitative estimate of drug-likeness (QED) is 0.712. The zero-order chi connectivity index (χ0) is 17.1. The molecule has 124 valence electrons. The lowest BCUT2D eigenvalue weighted by Gasteiger charge is -2.19. The Morgan fingerprint density at radius 2 is 2.08 bits per heavy atom. The molecule has 1 aromatic heterocycles. The fourth-order valence-corrected chi connectivity index (χ4v) is 3.25. The van der Waals surface area contributed by atoms with Gasteiger partial charge in [0.25, 0.3) is 0 Å². The Morgan fingerprint density at radius 1 is 1.33 bits per heavy atom. The molecule has 24 heavy (non-hydrogen) atoms. The number of nitrogens with zero attached hydrogens (tertiary/aromatic N) is 1. The highest BCUT2D eigenvalue weighted by molar-refractivity contribution is 7.22. The third kappa shape index (κ3) is 3.32. The molecule has 0 aliphatic heterocycles. The van der Waals surface area contributed by atoms with Crippen LogP contribution in [-0.4, -0.2) is 29.8 Å². The Kier molecular flexibility index (Phi) is 4.64. The second-order valence-corrected chi connectivity index (χ2v) is 6.21. The molecule has 0 radical (unpaired) electrons. The molecule has 3 N–H and O–H groups in total. The van der Waals surface area contributed by atoms with E-state index in [2.05, 4.69) is 4.98 Å². The van der Waals surface area contributed by atoms with E-state index in [0.717, 1.165) is 0 Å². The number of thiazole rings is 1. The maximum absolute atomic E-state index is 11.4. The van der Waals surface area contributed by atoms with E-state index in [1.807, 2.05) is 30.3 Å². The summed E-state index contributed by atoms with van der Waals surface area (Å²) in [5, 5.41) is 9.74. The average molecular weight is 344 g/mol. The molecule has 0 saturated heterocycles. The lowest BCUT2D eigenvalue weighted by atomic mass is 10.0. The van der Waals surface area contributed by atoms with Gasteiger partial charge in [0.15, 0.2) is 5.13 Å². The Morgan fingerprint density at radius 3 is 2.75 bits per heavy atom. The number of aromatic nitrogens is 1. The molecule has 3 aromatic rings. The number of methoxy groups -OCH3 is 1. The van der Waals surface area contributed by atoms with Crippen LogP contribution in [-0.2, 0) is 4.74 Å². The van der Waals surface area contributed by atoms with E-state index < -0.39 is 12.1 Å². The molecule has 0 amide bonds. The number of carbonyl (C=O) groups is 1. The number of hydrogen-bond donors (Lipinski definition) is 2. The number of hydrogen-bond acceptors (Lipinski definition) is 6. The molecule has 0 bridgehead atoms. The summed E-state index contributed by atoms with van der Waals surface area (Å²) in [6, 6.07) is 12.4. The summed E-state index contributed by atoms with van der Waals surface area (Å²) in [4.78, 5) is 15.7. The predicted molar refractivity (Wildman–Crippen MR) is 92.7 cm³/mol. The van der Waals surface area contributed by atoms with Crippen LogP contribution in [0, 0.1) is 0 Å². The van der Waals surface area contributed by atoms with Crippen LogP contribution < -0.4 is 10.5 Å². The second-order valence-electron chi connectivity index (χ2n) is 5.14. The van der Waals surface area contributed by atoms with Gasteiger partial charge in [0.2, 0.25) is 0 Å². The van der Waals surface area contributed by atoms with Crippen molar-refractivity contribution in [2.75, 3.05) is 19.5 Å². The van der Waals surface area contributed by atoms with Gasteiger partial charge in [-0.15, -0.1) is 0 Å². The van der Waals surface area contributed by atoms with Crippen LogP contribution in [0.25, 0.3) is 10.2 Å². The van der Waals surface area contributed by atoms with Gasteiger partial charge in [-0.05, 0) is 24.3 Å². The molecule has 0 fully saturated rings. The molecular weight excluding hydrogens is 328 g/mol. The van der Waals surface area contributed by atoms with Gasteiger partial charge >= 0.3 is 5.97 Å². The number of benzene rings is 2. The van der Waals surface area contributed by atoms with Crippen molar-refractivity contribution >= 4 is 32.7 Å². The van der Waals surface area contributed by atoms with Crippen molar-refractivity contribution in [2.24, 2.45) is 0 Å². The number of nitrogens with two attached hydrogens (primary N) is 1. The van der Waals surface area contributed by atoms with Crippen LogP contribution in [0.3, 0.4) is 0 Å². The number of anilines is 1. The molecule has 1 unspecified atom stereocenters. The van der Waals surface area contributed by atoms with Crippen molar-refractivity contribution in [3.8, 4) is 5.75 Å². The standard InChI is InChI=1S/C17H16N2O4S/c1-22-9-13(23-11-5-3-2-4-6-11)12-7-10(16(20)21)8-14-15(12)19-17(18)24-14/h2-8,13H,9H2,1H3,(H2,18,19)(H,20,21). The first-order valence-electron chi connectivity index (χ1n) is 7.22. The van der Waals surface area contributed by atoms with Gasteiger partial charge in [-0.3, -0.25) is 0 Å². The summed E-state index contributed by atoms with van der Waals surface area (Å²) < 4.78 is 12.0. The monoisotopic (exact) mass is 344 g/mol. The van der Waals surface area contributed by atoms with E-state index >= 15 is 0 Å². The first kappa shape index (κ1) is 16.2. The molecule has 1 atom stereocenters. The molecule has 0 saturated carbocycles. The van der Waals surface area contributed by atoms with E-state index in [4.69, 9.17) is 15.2 Å². The topological polar surface area (TPSA) is 94.7 Å². The van der Waals surface area contributed by atoms with E-state index in [1.165, 1.54) is 11.3 Å². The SMILES string of the molecule is COCC(Oc1ccccc1)c1cc(C(=O)O)cc2sc(N)nc12. The molecule has 6 nitrogen and oxygen atoms in total. The minimum absolute atomic E-state index is 0.166. The van der Waals surface area contributed by atoms with Gasteiger partial charge in [-0.2, -0.15) is 0 Å². The second kappa shape index (κ2) is 6.86. The first-order valence-corrected chi connectivity index (χ1v) is 8.04. The fraction of sp³-hybridized carbons (Fsp3) is 0.176. The number of nitrogen functional groups attached to an aromatic ring is 1. The van der Waals surface area contributed by atoms with Crippen LogP contribution in [0.2, 0.25) is 0 Å². The normalized spacial score (nSPS) is 12.2. The Hall–Kier alpha value is -2.64. The summed E-state index contributed by atoms with van der Waals surface area (Å²) >= 11 is 1.25. The zero-order valence-corrected chi connectivity index (χ0v) is 13.7. The van der Waals surface area contributed by atoms with Gasteiger partial charge < -0.3 is 20.3 Å². The Labute approximate surface area is 142 Å². The highest BCUT2D eigenvalue weighted by Crippen LogP contribution is 2.33. The molecule has 0 aliphatic carbocycles. The third-order valence-electron chi connectivity index (χ3n) is 3.47. The van der Waals surface area contributed by atoms with Crippen molar-refractivity contribution in [1.29, 1.82) is 0 Å². The van der Waals surface area contributed by atoms with E-state index in [1.54, 1.807) is 19.2 Å². The Balaban J connectivity index is 2.10. The van der Waals surface area contributed by atoms with Crippen molar-refractivity contribution in [3.63, 3.8) is 0 Å². The summed E-state index contributed by atoms with van der Waals surface area (Å²) in [5.41, 5.74) is 7.25. The number of fused-ring (bicyclic) bond motifs is 1. The average Bonchev–Trinajstić information content (AvgIpc) is 2.94. The van der Waals surface area contributed by atoms with Crippen LogP contribution in [0.4, 0.5) is 5.13 Å². The molecular formula is C17H16N2O4S. The first-order chi connectivity index (χ1) is 11.6. The summed E-state index contributed by atoms with van der Waals surface area (Å²) in [6.45, 7) is 0.254.